The van der Waals surface area contributed by atoms with Crippen LogP contribution in [0.1, 0.15) is 71.1 Å². The second kappa shape index (κ2) is 8.23. The van der Waals surface area contributed by atoms with Gasteiger partial charge in [-0.15, -0.1) is 0 Å². The number of allylic oxidation sites excluding steroid dienone is 2. The summed E-state index contributed by atoms with van der Waals surface area (Å²) in [7, 11) is 0. The lowest BCUT2D eigenvalue weighted by Crippen LogP contribution is -2.35. The van der Waals surface area contributed by atoms with Gasteiger partial charge in [0.05, 0.1) is 0 Å². The smallest absolute Gasteiger partial charge is 0.240 e. The number of hydrazone groups is 1. The van der Waals surface area contributed by atoms with Crippen molar-refractivity contribution in [3.05, 3.63) is 12.2 Å². The van der Waals surface area contributed by atoms with E-state index in [2.05, 4.69) is 29.6 Å². The fraction of sp³-hybridized carbons (Fsp3) is 0.765. The van der Waals surface area contributed by atoms with Crippen molar-refractivity contribution in [2.45, 2.75) is 71.1 Å². The van der Waals surface area contributed by atoms with Crippen molar-refractivity contribution in [2.75, 3.05) is 0 Å². The SMILES string of the molecule is CCCCCCCCCC(=O)N/N=C1/CC2C=CCC12. The van der Waals surface area contributed by atoms with Gasteiger partial charge >= 0.3 is 0 Å². The highest BCUT2D eigenvalue weighted by molar-refractivity contribution is 5.94. The molecule has 2 aliphatic rings. The standard InChI is InChI=1S/C17H28N2O/c1-2-3-4-5-6-7-8-12-17(20)19-18-16-13-14-10-9-11-15(14)16/h9-10,14-15H,2-8,11-13H2,1H3,(H,19,20)/b18-16-. The molecule has 2 aliphatic carbocycles. The van der Waals surface area contributed by atoms with Gasteiger partial charge in [0, 0.05) is 18.1 Å². The number of nitrogens with one attached hydrogen (secondary N) is 1. The van der Waals surface area contributed by atoms with Crippen LogP contribution in [0.5, 0.6) is 0 Å². The molecule has 0 bridgehead atoms. The Labute approximate surface area is 122 Å². The lowest BCUT2D eigenvalue weighted by atomic mass is 9.74. The van der Waals surface area contributed by atoms with E-state index < -0.39 is 0 Å². The largest absolute Gasteiger partial charge is 0.273 e. The Hall–Kier alpha value is -1.12. The van der Waals surface area contributed by atoms with Crippen LogP contribution in [0, 0.1) is 11.8 Å². The number of hydrogen-bond acceptors (Lipinski definition) is 2. The molecule has 0 aromatic carbocycles. The van der Waals surface area contributed by atoms with Crippen molar-refractivity contribution in [3.8, 4) is 0 Å². The summed E-state index contributed by atoms with van der Waals surface area (Å²) in [6.07, 6.45) is 16.0. The van der Waals surface area contributed by atoms with Crippen LogP contribution in [0.2, 0.25) is 0 Å². The molecule has 0 aromatic rings. The van der Waals surface area contributed by atoms with Gasteiger partial charge in [-0.2, -0.15) is 5.10 Å². The van der Waals surface area contributed by atoms with Gasteiger partial charge in [-0.05, 0) is 25.2 Å². The maximum absolute atomic E-state index is 11.7. The van der Waals surface area contributed by atoms with Gasteiger partial charge in [0.25, 0.3) is 0 Å². The quantitative estimate of drug-likeness (QED) is 0.383. The predicted octanol–water partition coefficient (Wildman–Crippen LogP) is 4.20. The molecule has 3 nitrogen and oxygen atoms in total. The molecular formula is C17H28N2O. The van der Waals surface area contributed by atoms with Crippen LogP contribution in [0.3, 0.4) is 0 Å². The third-order valence-corrected chi connectivity index (χ3v) is 4.49. The van der Waals surface area contributed by atoms with Crippen molar-refractivity contribution < 1.29 is 4.79 Å². The lowest BCUT2D eigenvalue weighted by molar-refractivity contribution is -0.121. The summed E-state index contributed by atoms with van der Waals surface area (Å²) in [5.74, 6) is 1.38. The highest BCUT2D eigenvalue weighted by Gasteiger charge is 2.37. The monoisotopic (exact) mass is 276 g/mol. The molecule has 1 N–H and O–H groups in total. The molecule has 1 fully saturated rings. The van der Waals surface area contributed by atoms with Crippen LogP contribution >= 0.6 is 0 Å². The number of hydrogen-bond donors (Lipinski definition) is 1. The number of unbranched alkanes of at least 4 members (excludes halogenated alkanes) is 6. The van der Waals surface area contributed by atoms with Crippen molar-refractivity contribution in [2.24, 2.45) is 16.9 Å². The van der Waals surface area contributed by atoms with Crippen LogP contribution in [0.25, 0.3) is 0 Å². The zero-order valence-electron chi connectivity index (χ0n) is 12.7. The summed E-state index contributed by atoms with van der Waals surface area (Å²) in [6.45, 7) is 2.23. The van der Waals surface area contributed by atoms with Gasteiger partial charge in [0.15, 0.2) is 0 Å². The van der Waals surface area contributed by atoms with E-state index in [1.54, 1.807) is 0 Å². The zero-order chi connectivity index (χ0) is 14.2. The Morgan fingerprint density at radius 1 is 1.25 bits per heavy atom. The molecule has 1 amide bonds. The highest BCUT2D eigenvalue weighted by atomic mass is 16.2. The van der Waals surface area contributed by atoms with E-state index in [9.17, 15) is 4.79 Å². The number of amides is 1. The molecule has 2 atom stereocenters. The Bertz CT molecular complexity index is 373. The minimum atomic E-state index is 0.0838. The van der Waals surface area contributed by atoms with Crippen molar-refractivity contribution in [3.63, 3.8) is 0 Å². The van der Waals surface area contributed by atoms with Gasteiger partial charge in [-0.3, -0.25) is 4.79 Å². The summed E-state index contributed by atoms with van der Waals surface area (Å²) < 4.78 is 0. The average Bonchev–Trinajstić information content (AvgIpc) is 2.79. The molecular weight excluding hydrogens is 248 g/mol. The maximum Gasteiger partial charge on any atom is 0.240 e. The second-order valence-corrected chi connectivity index (χ2v) is 6.15. The van der Waals surface area contributed by atoms with E-state index >= 15 is 0 Å². The Balaban J connectivity index is 1.48. The summed E-state index contributed by atoms with van der Waals surface area (Å²) in [5.41, 5.74) is 3.92. The third kappa shape index (κ3) is 4.46. The maximum atomic E-state index is 11.7. The summed E-state index contributed by atoms with van der Waals surface area (Å²) in [6, 6.07) is 0. The number of fused-ring (bicyclic) bond motifs is 1. The van der Waals surface area contributed by atoms with Crippen molar-refractivity contribution in [1.82, 2.24) is 5.43 Å². The van der Waals surface area contributed by atoms with Crippen molar-refractivity contribution in [1.29, 1.82) is 0 Å². The molecule has 112 valence electrons. The third-order valence-electron chi connectivity index (χ3n) is 4.49. The zero-order valence-corrected chi connectivity index (χ0v) is 12.7. The lowest BCUT2D eigenvalue weighted by Gasteiger charge is -2.31. The molecule has 0 spiro atoms. The predicted molar refractivity (Wildman–Crippen MR) is 83.5 cm³/mol. The van der Waals surface area contributed by atoms with Crippen LogP contribution < -0.4 is 5.43 Å². The number of carbonyl (C=O) groups excluding carboxylic acids is 1. The van der Waals surface area contributed by atoms with Gasteiger partial charge in [0.2, 0.25) is 5.91 Å². The Morgan fingerprint density at radius 3 is 2.75 bits per heavy atom. The first-order chi connectivity index (χ1) is 9.81. The van der Waals surface area contributed by atoms with E-state index in [4.69, 9.17) is 0 Å². The van der Waals surface area contributed by atoms with E-state index in [-0.39, 0.29) is 5.91 Å². The molecule has 2 unspecified atom stereocenters. The van der Waals surface area contributed by atoms with E-state index in [1.165, 1.54) is 44.2 Å². The molecule has 0 aliphatic heterocycles. The summed E-state index contributed by atoms with van der Waals surface area (Å²) >= 11 is 0. The normalized spacial score (nSPS) is 25.6. The summed E-state index contributed by atoms with van der Waals surface area (Å²) in [4.78, 5) is 11.7. The number of nitrogens with zero attached hydrogens (tertiary/aromatic N) is 1. The Kier molecular flexibility index (Phi) is 6.28. The van der Waals surface area contributed by atoms with Crippen LogP contribution in [-0.2, 0) is 4.79 Å². The highest BCUT2D eigenvalue weighted by Crippen LogP contribution is 2.39. The fourth-order valence-electron chi connectivity index (χ4n) is 3.10. The summed E-state index contributed by atoms with van der Waals surface area (Å²) in [5, 5.41) is 4.29. The molecule has 0 saturated heterocycles. The number of carbonyl (C=O) groups is 1. The minimum absolute atomic E-state index is 0.0838. The first-order valence-electron chi connectivity index (χ1n) is 8.33. The molecule has 0 radical (unpaired) electrons. The van der Waals surface area contributed by atoms with E-state index in [0.717, 1.165) is 19.3 Å². The number of rotatable bonds is 9. The van der Waals surface area contributed by atoms with Gasteiger partial charge in [-0.25, -0.2) is 5.43 Å². The van der Waals surface area contributed by atoms with Gasteiger partial charge in [0.1, 0.15) is 0 Å². The van der Waals surface area contributed by atoms with Gasteiger partial charge < -0.3 is 0 Å². The van der Waals surface area contributed by atoms with E-state index in [1.807, 2.05) is 0 Å². The van der Waals surface area contributed by atoms with Crippen LogP contribution in [-0.4, -0.2) is 11.6 Å². The average molecular weight is 276 g/mol. The van der Waals surface area contributed by atoms with E-state index in [0.29, 0.717) is 18.3 Å². The molecule has 2 rings (SSSR count). The molecule has 1 saturated carbocycles. The first-order valence-corrected chi connectivity index (χ1v) is 8.33. The van der Waals surface area contributed by atoms with Gasteiger partial charge in [-0.1, -0.05) is 57.6 Å². The minimum Gasteiger partial charge on any atom is -0.273 e. The second-order valence-electron chi connectivity index (χ2n) is 6.15. The van der Waals surface area contributed by atoms with Crippen LogP contribution in [0.15, 0.2) is 17.3 Å². The molecule has 0 aromatic heterocycles. The first kappa shape index (κ1) is 15.3. The van der Waals surface area contributed by atoms with Crippen molar-refractivity contribution >= 4 is 11.6 Å². The van der Waals surface area contributed by atoms with Crippen LogP contribution in [0.4, 0.5) is 0 Å². The Morgan fingerprint density at radius 2 is 2.00 bits per heavy atom. The molecule has 3 heteroatoms. The topological polar surface area (TPSA) is 41.5 Å². The fourth-order valence-corrected chi connectivity index (χ4v) is 3.10. The molecule has 20 heavy (non-hydrogen) atoms. The molecule has 0 heterocycles.